The summed E-state index contributed by atoms with van der Waals surface area (Å²) in [5.74, 6) is 0. The normalized spacial score (nSPS) is 11.5. The van der Waals surface area contributed by atoms with Crippen molar-refractivity contribution in [1.82, 2.24) is 4.98 Å². The molecule has 3 aromatic carbocycles. The largest absolute Gasteiger partial charge is 0.392 e. The van der Waals surface area contributed by atoms with E-state index in [1.807, 2.05) is 24.3 Å². The van der Waals surface area contributed by atoms with Gasteiger partial charge in [-0.15, -0.1) is 0 Å². The lowest BCUT2D eigenvalue weighted by molar-refractivity contribution is 0.282. The van der Waals surface area contributed by atoms with Crippen LogP contribution in [-0.4, -0.2) is 10.1 Å². The van der Waals surface area contributed by atoms with Crippen molar-refractivity contribution in [3.05, 3.63) is 65.7 Å². The Balaban J connectivity index is 2.22. The van der Waals surface area contributed by atoms with Crippen molar-refractivity contribution < 1.29 is 5.11 Å². The van der Waals surface area contributed by atoms with E-state index in [0.717, 1.165) is 22.0 Å². The molecule has 0 atom stereocenters. The lowest BCUT2D eigenvalue weighted by atomic mass is 9.99. The van der Waals surface area contributed by atoms with Gasteiger partial charge in [0.05, 0.1) is 17.6 Å². The second kappa shape index (κ2) is 4.54. The van der Waals surface area contributed by atoms with Gasteiger partial charge in [-0.3, -0.25) is 0 Å². The minimum absolute atomic E-state index is 0.0459. The van der Waals surface area contributed by atoms with Crippen LogP contribution < -0.4 is 0 Å². The van der Waals surface area contributed by atoms with Crippen LogP contribution in [-0.2, 0) is 6.61 Å². The highest BCUT2D eigenvalue weighted by molar-refractivity contribution is 6.10. The second-order valence-corrected chi connectivity index (χ2v) is 5.43. The number of hydrogen-bond donors (Lipinski definition) is 1. The van der Waals surface area contributed by atoms with Crippen LogP contribution >= 0.6 is 0 Å². The molecule has 0 aliphatic rings. The third-order valence-electron chi connectivity index (χ3n) is 4.19. The molecule has 0 aliphatic heterocycles. The zero-order chi connectivity index (χ0) is 14.4. The van der Waals surface area contributed by atoms with Crippen LogP contribution in [0.25, 0.3) is 32.6 Å². The molecule has 2 nitrogen and oxygen atoms in total. The summed E-state index contributed by atoms with van der Waals surface area (Å²) in [7, 11) is 0. The molecule has 21 heavy (non-hydrogen) atoms. The molecular weight excluding hydrogens is 258 g/mol. The summed E-state index contributed by atoms with van der Waals surface area (Å²) < 4.78 is 0. The summed E-state index contributed by atoms with van der Waals surface area (Å²) in [4.78, 5) is 4.86. The predicted octanol–water partition coefficient (Wildman–Crippen LogP) is 4.34. The predicted molar refractivity (Wildman–Crippen MR) is 87.4 cm³/mol. The fourth-order valence-electron chi connectivity index (χ4n) is 3.03. The first kappa shape index (κ1) is 12.3. The van der Waals surface area contributed by atoms with Gasteiger partial charge >= 0.3 is 0 Å². The molecule has 0 spiro atoms. The second-order valence-electron chi connectivity index (χ2n) is 5.43. The van der Waals surface area contributed by atoms with Crippen molar-refractivity contribution in [1.29, 1.82) is 0 Å². The van der Waals surface area contributed by atoms with E-state index >= 15 is 0 Å². The zero-order valence-electron chi connectivity index (χ0n) is 11.8. The molecule has 0 radical (unpaired) electrons. The van der Waals surface area contributed by atoms with Crippen LogP contribution in [0.4, 0.5) is 0 Å². The summed E-state index contributed by atoms with van der Waals surface area (Å²) in [5.41, 5.74) is 4.12. The Morgan fingerprint density at radius 3 is 2.57 bits per heavy atom. The third kappa shape index (κ3) is 1.80. The molecule has 0 fully saturated rings. The first-order valence-electron chi connectivity index (χ1n) is 7.09. The van der Waals surface area contributed by atoms with Gasteiger partial charge in [0, 0.05) is 16.2 Å². The Morgan fingerprint density at radius 1 is 0.905 bits per heavy atom. The summed E-state index contributed by atoms with van der Waals surface area (Å²) in [6.45, 7) is 2.18. The summed E-state index contributed by atoms with van der Waals surface area (Å²) >= 11 is 0. The number of pyridine rings is 1. The van der Waals surface area contributed by atoms with Gasteiger partial charge in [-0.1, -0.05) is 48.5 Å². The maximum atomic E-state index is 9.32. The molecule has 2 heteroatoms. The third-order valence-corrected chi connectivity index (χ3v) is 4.19. The van der Waals surface area contributed by atoms with E-state index in [0.29, 0.717) is 0 Å². The SMILES string of the molecule is Cc1c2ccc(CO)cc2nc2c1ccc1ccccc12. The van der Waals surface area contributed by atoms with Crippen LogP contribution in [0, 0.1) is 6.92 Å². The number of fused-ring (bicyclic) bond motifs is 4. The van der Waals surface area contributed by atoms with Crippen LogP contribution in [0.15, 0.2) is 54.6 Å². The lowest BCUT2D eigenvalue weighted by Gasteiger charge is -2.10. The number of aryl methyl sites for hydroxylation is 1. The Morgan fingerprint density at radius 2 is 1.71 bits per heavy atom. The molecule has 1 heterocycles. The monoisotopic (exact) mass is 273 g/mol. The van der Waals surface area contributed by atoms with Gasteiger partial charge in [0.15, 0.2) is 0 Å². The number of benzene rings is 3. The van der Waals surface area contributed by atoms with E-state index in [4.69, 9.17) is 4.98 Å². The van der Waals surface area contributed by atoms with Crippen LogP contribution in [0.2, 0.25) is 0 Å². The minimum Gasteiger partial charge on any atom is -0.392 e. The average molecular weight is 273 g/mol. The molecule has 1 aromatic heterocycles. The van der Waals surface area contributed by atoms with E-state index in [9.17, 15) is 5.11 Å². The molecule has 102 valence electrons. The van der Waals surface area contributed by atoms with Crippen molar-refractivity contribution in [2.24, 2.45) is 0 Å². The van der Waals surface area contributed by atoms with Gasteiger partial charge in [-0.25, -0.2) is 4.98 Å². The maximum Gasteiger partial charge on any atom is 0.0790 e. The number of aliphatic hydroxyl groups excluding tert-OH is 1. The van der Waals surface area contributed by atoms with Crippen LogP contribution in [0.5, 0.6) is 0 Å². The summed E-state index contributed by atoms with van der Waals surface area (Å²) in [6, 6.07) is 18.6. The molecule has 0 unspecified atom stereocenters. The lowest BCUT2D eigenvalue weighted by Crippen LogP contribution is -1.91. The van der Waals surface area contributed by atoms with E-state index < -0.39 is 0 Å². The van der Waals surface area contributed by atoms with Crippen molar-refractivity contribution in [2.75, 3.05) is 0 Å². The van der Waals surface area contributed by atoms with Gasteiger partial charge in [-0.05, 0) is 29.5 Å². The van der Waals surface area contributed by atoms with Gasteiger partial charge in [0.25, 0.3) is 0 Å². The minimum atomic E-state index is 0.0459. The molecule has 4 aromatic rings. The van der Waals surface area contributed by atoms with E-state index in [-0.39, 0.29) is 6.61 Å². The average Bonchev–Trinajstić information content (AvgIpc) is 2.54. The van der Waals surface area contributed by atoms with Gasteiger partial charge in [-0.2, -0.15) is 0 Å². The fourth-order valence-corrected chi connectivity index (χ4v) is 3.03. The van der Waals surface area contributed by atoms with Crippen LogP contribution in [0.1, 0.15) is 11.1 Å². The Kier molecular flexibility index (Phi) is 2.66. The van der Waals surface area contributed by atoms with E-state index in [1.54, 1.807) is 0 Å². The molecule has 0 amide bonds. The molecule has 1 N–H and O–H groups in total. The van der Waals surface area contributed by atoms with Crippen molar-refractivity contribution >= 4 is 32.6 Å². The number of aliphatic hydroxyl groups is 1. The molecular formula is C19H15NO. The first-order chi connectivity index (χ1) is 10.3. The van der Waals surface area contributed by atoms with Crippen molar-refractivity contribution in [3.63, 3.8) is 0 Å². The van der Waals surface area contributed by atoms with Crippen LogP contribution in [0.3, 0.4) is 0 Å². The standard InChI is InChI=1S/C19H15NO/c1-12-15-8-6-13(11-21)10-18(15)20-19-16(12)9-7-14-4-2-3-5-17(14)19/h2-10,21H,11H2,1H3. The zero-order valence-corrected chi connectivity index (χ0v) is 11.8. The highest BCUT2D eigenvalue weighted by Crippen LogP contribution is 2.30. The number of rotatable bonds is 1. The van der Waals surface area contributed by atoms with Gasteiger partial charge in [0.1, 0.15) is 0 Å². The highest BCUT2D eigenvalue weighted by atomic mass is 16.3. The van der Waals surface area contributed by atoms with Crippen molar-refractivity contribution in [2.45, 2.75) is 13.5 Å². The Labute approximate surface area is 122 Å². The Bertz CT molecular complexity index is 989. The van der Waals surface area contributed by atoms with E-state index in [1.165, 1.54) is 21.7 Å². The molecule has 0 bridgehead atoms. The first-order valence-corrected chi connectivity index (χ1v) is 7.09. The number of nitrogens with zero attached hydrogens (tertiary/aromatic N) is 1. The number of hydrogen-bond acceptors (Lipinski definition) is 2. The summed E-state index contributed by atoms with van der Waals surface area (Å²) in [6.07, 6.45) is 0. The summed E-state index contributed by atoms with van der Waals surface area (Å²) in [5, 5.41) is 14.0. The smallest absolute Gasteiger partial charge is 0.0790 e. The number of aromatic nitrogens is 1. The van der Waals surface area contributed by atoms with E-state index in [2.05, 4.69) is 37.3 Å². The molecule has 0 aliphatic carbocycles. The maximum absolute atomic E-state index is 9.32. The fraction of sp³-hybridized carbons (Fsp3) is 0.105. The Hall–Kier alpha value is -2.45. The quantitative estimate of drug-likeness (QED) is 0.413. The molecule has 4 rings (SSSR count). The van der Waals surface area contributed by atoms with Crippen molar-refractivity contribution in [3.8, 4) is 0 Å². The molecule has 0 saturated heterocycles. The van der Waals surface area contributed by atoms with Gasteiger partial charge in [0.2, 0.25) is 0 Å². The van der Waals surface area contributed by atoms with Gasteiger partial charge < -0.3 is 5.11 Å². The highest BCUT2D eigenvalue weighted by Gasteiger charge is 2.08. The topological polar surface area (TPSA) is 33.1 Å². The molecule has 0 saturated carbocycles.